The van der Waals surface area contributed by atoms with E-state index < -0.39 is 0 Å². The minimum absolute atomic E-state index is 0.416. The van der Waals surface area contributed by atoms with Gasteiger partial charge in [-0.2, -0.15) is 0 Å². The van der Waals surface area contributed by atoms with Crippen LogP contribution in [0.1, 0.15) is 17.5 Å². The molecule has 0 saturated carbocycles. The van der Waals surface area contributed by atoms with Crippen molar-refractivity contribution in [2.45, 2.75) is 26.3 Å². The minimum atomic E-state index is 0.416. The summed E-state index contributed by atoms with van der Waals surface area (Å²) < 4.78 is 0. The molecule has 2 rings (SSSR count). The van der Waals surface area contributed by atoms with Gasteiger partial charge in [0.25, 0.3) is 0 Å². The van der Waals surface area contributed by atoms with E-state index in [-0.39, 0.29) is 0 Å². The van der Waals surface area contributed by atoms with Gasteiger partial charge in [0.1, 0.15) is 5.82 Å². The SMILES string of the molecule is Cc1nc(N(C)C(C)Cc2cccs2)ccc1N. The molecule has 2 aromatic heterocycles. The van der Waals surface area contributed by atoms with Crippen LogP contribution in [0.25, 0.3) is 0 Å². The summed E-state index contributed by atoms with van der Waals surface area (Å²) in [5.41, 5.74) is 7.43. The maximum atomic E-state index is 5.80. The lowest BCUT2D eigenvalue weighted by Crippen LogP contribution is -2.31. The van der Waals surface area contributed by atoms with E-state index in [4.69, 9.17) is 5.73 Å². The number of likely N-dealkylation sites (N-methyl/N-ethyl adjacent to an activating group) is 1. The summed E-state index contributed by atoms with van der Waals surface area (Å²) >= 11 is 1.80. The van der Waals surface area contributed by atoms with Crippen LogP contribution in [0, 0.1) is 6.92 Å². The van der Waals surface area contributed by atoms with Crippen molar-refractivity contribution in [3.63, 3.8) is 0 Å². The smallest absolute Gasteiger partial charge is 0.128 e. The zero-order valence-corrected chi connectivity index (χ0v) is 11.9. The fourth-order valence-corrected chi connectivity index (χ4v) is 2.66. The zero-order valence-electron chi connectivity index (χ0n) is 11.1. The van der Waals surface area contributed by atoms with Gasteiger partial charge in [0.05, 0.1) is 11.4 Å². The van der Waals surface area contributed by atoms with Crippen molar-refractivity contribution in [3.8, 4) is 0 Å². The molecule has 0 fully saturated rings. The van der Waals surface area contributed by atoms with Gasteiger partial charge < -0.3 is 10.6 Å². The Morgan fingerprint density at radius 3 is 2.78 bits per heavy atom. The highest BCUT2D eigenvalue weighted by Crippen LogP contribution is 2.20. The summed E-state index contributed by atoms with van der Waals surface area (Å²) in [6.45, 7) is 4.16. The van der Waals surface area contributed by atoms with Gasteiger partial charge in [-0.25, -0.2) is 4.98 Å². The first-order valence-electron chi connectivity index (χ1n) is 6.06. The monoisotopic (exact) mass is 261 g/mol. The molecule has 18 heavy (non-hydrogen) atoms. The number of thiophene rings is 1. The second-order valence-electron chi connectivity index (χ2n) is 4.59. The molecule has 0 aromatic carbocycles. The van der Waals surface area contributed by atoms with Crippen LogP contribution in [0.2, 0.25) is 0 Å². The summed E-state index contributed by atoms with van der Waals surface area (Å²) in [7, 11) is 2.08. The molecule has 1 atom stereocenters. The molecule has 0 saturated heterocycles. The predicted molar refractivity (Wildman–Crippen MR) is 79.3 cm³/mol. The standard InChI is InChI=1S/C14H19N3S/c1-10(9-12-5-4-8-18-12)17(3)14-7-6-13(15)11(2)16-14/h4-8,10H,9,15H2,1-3H3. The maximum absolute atomic E-state index is 5.80. The number of rotatable bonds is 4. The molecule has 2 aromatic rings. The lowest BCUT2D eigenvalue weighted by Gasteiger charge is -2.26. The lowest BCUT2D eigenvalue weighted by atomic mass is 10.2. The van der Waals surface area contributed by atoms with E-state index in [1.165, 1.54) is 4.88 Å². The maximum Gasteiger partial charge on any atom is 0.128 e. The lowest BCUT2D eigenvalue weighted by molar-refractivity contribution is 0.679. The van der Waals surface area contributed by atoms with E-state index in [0.29, 0.717) is 6.04 Å². The normalized spacial score (nSPS) is 12.4. The fraction of sp³-hybridized carbons (Fsp3) is 0.357. The molecule has 0 radical (unpaired) electrons. The van der Waals surface area contributed by atoms with Crippen molar-refractivity contribution >= 4 is 22.8 Å². The van der Waals surface area contributed by atoms with Gasteiger partial charge in [-0.3, -0.25) is 0 Å². The first-order chi connectivity index (χ1) is 8.58. The Bertz CT molecular complexity index is 508. The van der Waals surface area contributed by atoms with Gasteiger partial charge in [-0.1, -0.05) is 6.07 Å². The van der Waals surface area contributed by atoms with E-state index in [0.717, 1.165) is 23.6 Å². The third-order valence-corrected chi connectivity index (χ3v) is 4.11. The van der Waals surface area contributed by atoms with Gasteiger partial charge in [0.2, 0.25) is 0 Å². The Kier molecular flexibility index (Phi) is 3.87. The molecule has 0 spiro atoms. The highest BCUT2D eigenvalue weighted by Gasteiger charge is 2.13. The minimum Gasteiger partial charge on any atom is -0.397 e. The highest BCUT2D eigenvalue weighted by molar-refractivity contribution is 7.09. The Hall–Kier alpha value is -1.55. The first-order valence-corrected chi connectivity index (χ1v) is 6.94. The van der Waals surface area contributed by atoms with Crippen LogP contribution in [0.4, 0.5) is 11.5 Å². The number of nitrogens with two attached hydrogens (primary N) is 1. The van der Waals surface area contributed by atoms with Gasteiger partial charge in [0.15, 0.2) is 0 Å². The topological polar surface area (TPSA) is 42.2 Å². The van der Waals surface area contributed by atoms with Crippen LogP contribution in [-0.2, 0) is 6.42 Å². The molecule has 4 heteroatoms. The average Bonchev–Trinajstić information content (AvgIpc) is 2.84. The molecular weight excluding hydrogens is 242 g/mol. The van der Waals surface area contributed by atoms with Crippen LogP contribution in [0.15, 0.2) is 29.6 Å². The van der Waals surface area contributed by atoms with Crippen LogP contribution in [0.5, 0.6) is 0 Å². The molecule has 1 unspecified atom stereocenters. The third-order valence-electron chi connectivity index (χ3n) is 3.21. The second-order valence-corrected chi connectivity index (χ2v) is 5.62. The highest BCUT2D eigenvalue weighted by atomic mass is 32.1. The Balaban J connectivity index is 2.10. The van der Waals surface area contributed by atoms with Crippen LogP contribution < -0.4 is 10.6 Å². The van der Waals surface area contributed by atoms with Crippen LogP contribution >= 0.6 is 11.3 Å². The summed E-state index contributed by atoms with van der Waals surface area (Å²) in [5.74, 6) is 0.978. The Labute approximate surface area is 112 Å². The van der Waals surface area contributed by atoms with Crippen LogP contribution in [0.3, 0.4) is 0 Å². The molecule has 2 heterocycles. The molecule has 2 N–H and O–H groups in total. The number of hydrogen-bond acceptors (Lipinski definition) is 4. The van der Waals surface area contributed by atoms with E-state index >= 15 is 0 Å². The number of pyridine rings is 1. The van der Waals surface area contributed by atoms with E-state index in [2.05, 4.69) is 41.4 Å². The Morgan fingerprint density at radius 1 is 1.39 bits per heavy atom. The third kappa shape index (κ3) is 2.82. The molecular formula is C14H19N3S. The molecule has 0 bridgehead atoms. The quantitative estimate of drug-likeness (QED) is 0.919. The van der Waals surface area contributed by atoms with Gasteiger partial charge in [-0.15, -0.1) is 11.3 Å². The number of anilines is 2. The number of hydrogen-bond donors (Lipinski definition) is 1. The van der Waals surface area contributed by atoms with Crippen molar-refractivity contribution in [1.82, 2.24) is 4.98 Å². The van der Waals surface area contributed by atoms with Crippen molar-refractivity contribution in [1.29, 1.82) is 0 Å². The van der Waals surface area contributed by atoms with Crippen molar-refractivity contribution < 1.29 is 0 Å². The van der Waals surface area contributed by atoms with E-state index in [9.17, 15) is 0 Å². The number of aryl methyl sites for hydroxylation is 1. The van der Waals surface area contributed by atoms with Crippen LogP contribution in [-0.4, -0.2) is 18.1 Å². The molecule has 96 valence electrons. The molecule has 0 aliphatic rings. The van der Waals surface area contributed by atoms with Gasteiger partial charge >= 0.3 is 0 Å². The van der Waals surface area contributed by atoms with Crippen molar-refractivity contribution in [3.05, 3.63) is 40.2 Å². The molecule has 0 amide bonds. The molecule has 3 nitrogen and oxygen atoms in total. The van der Waals surface area contributed by atoms with E-state index in [1.54, 1.807) is 11.3 Å². The predicted octanol–water partition coefficient (Wildman–Crippen LogP) is 3.10. The number of nitrogens with zero attached hydrogens (tertiary/aromatic N) is 2. The largest absolute Gasteiger partial charge is 0.397 e. The second kappa shape index (κ2) is 5.40. The Morgan fingerprint density at radius 2 is 2.17 bits per heavy atom. The summed E-state index contributed by atoms with van der Waals surface area (Å²) in [6, 6.07) is 8.59. The van der Waals surface area contributed by atoms with Crippen molar-refractivity contribution in [2.75, 3.05) is 17.7 Å². The summed E-state index contributed by atoms with van der Waals surface area (Å²) in [6.07, 6.45) is 1.04. The van der Waals surface area contributed by atoms with Crippen molar-refractivity contribution in [2.24, 2.45) is 0 Å². The fourth-order valence-electron chi connectivity index (χ4n) is 1.84. The summed E-state index contributed by atoms with van der Waals surface area (Å²) in [5, 5.41) is 2.12. The first kappa shape index (κ1) is 12.9. The van der Waals surface area contributed by atoms with Gasteiger partial charge in [0, 0.05) is 24.4 Å². The number of aromatic nitrogens is 1. The zero-order chi connectivity index (χ0) is 13.1. The van der Waals surface area contributed by atoms with E-state index in [1.807, 2.05) is 19.1 Å². The molecule has 0 aliphatic heterocycles. The van der Waals surface area contributed by atoms with Gasteiger partial charge in [-0.05, 0) is 37.4 Å². The number of nitrogen functional groups attached to an aromatic ring is 1. The summed E-state index contributed by atoms with van der Waals surface area (Å²) in [4.78, 5) is 8.13. The average molecular weight is 261 g/mol. The molecule has 0 aliphatic carbocycles.